The molecule has 6 nitrogen and oxygen atoms in total. The summed E-state index contributed by atoms with van der Waals surface area (Å²) in [5, 5.41) is 7.03. The maximum absolute atomic E-state index is 5.44. The minimum absolute atomic E-state index is 0.493. The maximum Gasteiger partial charge on any atom is 0.258 e. The molecule has 0 aliphatic rings. The lowest BCUT2D eigenvalue weighted by atomic mass is 10.2. The molecule has 0 radical (unpaired) electrons. The Bertz CT molecular complexity index is 738. The summed E-state index contributed by atoms with van der Waals surface area (Å²) in [6.45, 7) is 2.51. The number of nitrogens with one attached hydrogen (secondary N) is 1. The fourth-order valence-electron chi connectivity index (χ4n) is 1.87. The Morgan fingerprint density at radius 3 is 2.90 bits per heavy atom. The van der Waals surface area contributed by atoms with E-state index in [0.29, 0.717) is 11.7 Å². The summed E-state index contributed by atoms with van der Waals surface area (Å²) >= 11 is 3.28. The predicted molar refractivity (Wildman–Crippen MR) is 80.9 cm³/mol. The SMILES string of the molecule is Cc1noc(-c2ccnc(NCCc3ccc(Br)o3)c2)n1. The molecule has 7 heteroatoms. The zero-order valence-corrected chi connectivity index (χ0v) is 12.9. The second-order valence-electron chi connectivity index (χ2n) is 4.46. The van der Waals surface area contributed by atoms with Gasteiger partial charge in [0, 0.05) is 24.7 Å². The van der Waals surface area contributed by atoms with Crippen LogP contribution in [0.3, 0.4) is 0 Å². The number of aryl methyl sites for hydroxylation is 1. The van der Waals surface area contributed by atoms with Gasteiger partial charge in [0.2, 0.25) is 0 Å². The van der Waals surface area contributed by atoms with Crippen molar-refractivity contribution >= 4 is 21.7 Å². The maximum atomic E-state index is 5.44. The molecule has 0 aromatic carbocycles. The Morgan fingerprint density at radius 1 is 1.29 bits per heavy atom. The molecule has 0 aliphatic heterocycles. The van der Waals surface area contributed by atoms with Crippen LogP contribution in [0, 0.1) is 6.92 Å². The van der Waals surface area contributed by atoms with E-state index in [9.17, 15) is 0 Å². The van der Waals surface area contributed by atoms with Gasteiger partial charge in [-0.05, 0) is 47.1 Å². The quantitative estimate of drug-likeness (QED) is 0.760. The van der Waals surface area contributed by atoms with E-state index in [0.717, 1.165) is 34.8 Å². The molecular weight excluding hydrogens is 336 g/mol. The second-order valence-corrected chi connectivity index (χ2v) is 5.24. The first-order valence-corrected chi connectivity index (χ1v) is 7.25. The predicted octanol–water partition coefficient (Wildman–Crippen LogP) is 3.45. The van der Waals surface area contributed by atoms with E-state index in [2.05, 4.69) is 36.4 Å². The Hall–Kier alpha value is -2.15. The standard InChI is InChI=1S/C14H13BrN4O2/c1-9-18-14(21-19-9)10-4-6-16-13(8-10)17-7-5-11-2-3-12(15)20-11/h2-4,6,8H,5,7H2,1H3,(H,16,17). The van der Waals surface area contributed by atoms with Crippen LogP contribution in [0.15, 0.2) is 44.1 Å². The summed E-state index contributed by atoms with van der Waals surface area (Å²) < 4.78 is 11.3. The smallest absolute Gasteiger partial charge is 0.258 e. The van der Waals surface area contributed by atoms with Crippen LogP contribution < -0.4 is 5.32 Å². The number of furan rings is 1. The summed E-state index contributed by atoms with van der Waals surface area (Å²) in [5.74, 6) is 2.78. The lowest BCUT2D eigenvalue weighted by Gasteiger charge is -2.04. The molecule has 0 saturated carbocycles. The minimum atomic E-state index is 0.493. The van der Waals surface area contributed by atoms with E-state index >= 15 is 0 Å². The van der Waals surface area contributed by atoms with Crippen LogP contribution >= 0.6 is 15.9 Å². The topological polar surface area (TPSA) is 77.0 Å². The van der Waals surface area contributed by atoms with Crippen molar-refractivity contribution in [1.29, 1.82) is 0 Å². The van der Waals surface area contributed by atoms with Gasteiger partial charge in [-0.1, -0.05) is 5.16 Å². The second kappa shape index (κ2) is 6.09. The summed E-state index contributed by atoms with van der Waals surface area (Å²) in [6.07, 6.45) is 2.48. The molecule has 3 heterocycles. The van der Waals surface area contributed by atoms with E-state index in [1.807, 2.05) is 24.3 Å². The molecule has 0 fully saturated rings. The summed E-state index contributed by atoms with van der Waals surface area (Å²) in [7, 11) is 0. The third kappa shape index (κ3) is 3.49. The first-order chi connectivity index (χ1) is 10.2. The average molecular weight is 349 g/mol. The molecule has 3 aromatic heterocycles. The highest BCUT2D eigenvalue weighted by Gasteiger charge is 2.07. The summed E-state index contributed by atoms with van der Waals surface area (Å²) in [5.41, 5.74) is 0.842. The number of halogens is 1. The van der Waals surface area contributed by atoms with Gasteiger partial charge in [0.25, 0.3) is 5.89 Å². The van der Waals surface area contributed by atoms with E-state index in [1.54, 1.807) is 13.1 Å². The fourth-order valence-corrected chi connectivity index (χ4v) is 2.21. The molecule has 0 bridgehead atoms. The number of nitrogens with zero attached hydrogens (tertiary/aromatic N) is 3. The van der Waals surface area contributed by atoms with Crippen LogP contribution in [0.25, 0.3) is 11.5 Å². The van der Waals surface area contributed by atoms with Crippen LogP contribution in [0.4, 0.5) is 5.82 Å². The third-order valence-electron chi connectivity index (χ3n) is 2.84. The molecule has 0 amide bonds. The fraction of sp³-hybridized carbons (Fsp3) is 0.214. The number of hydrogen-bond acceptors (Lipinski definition) is 6. The third-order valence-corrected chi connectivity index (χ3v) is 3.27. The molecule has 0 atom stereocenters. The van der Waals surface area contributed by atoms with E-state index in [4.69, 9.17) is 8.94 Å². The van der Waals surface area contributed by atoms with Crippen LogP contribution in [0.5, 0.6) is 0 Å². The highest BCUT2D eigenvalue weighted by Crippen LogP contribution is 2.19. The highest BCUT2D eigenvalue weighted by molar-refractivity contribution is 9.10. The monoisotopic (exact) mass is 348 g/mol. The zero-order chi connectivity index (χ0) is 14.7. The molecule has 3 aromatic rings. The summed E-state index contributed by atoms with van der Waals surface area (Å²) in [4.78, 5) is 8.47. The van der Waals surface area contributed by atoms with Gasteiger partial charge in [0.15, 0.2) is 10.5 Å². The Balaban J connectivity index is 1.63. The molecule has 0 unspecified atom stereocenters. The van der Waals surface area contributed by atoms with Crippen molar-refractivity contribution in [2.45, 2.75) is 13.3 Å². The Labute approximate surface area is 129 Å². The normalized spacial score (nSPS) is 10.8. The first kappa shape index (κ1) is 13.8. The number of hydrogen-bond donors (Lipinski definition) is 1. The van der Waals surface area contributed by atoms with Crippen molar-refractivity contribution in [2.24, 2.45) is 0 Å². The molecular formula is C14H13BrN4O2. The van der Waals surface area contributed by atoms with Crippen molar-refractivity contribution in [3.05, 3.63) is 46.7 Å². The van der Waals surface area contributed by atoms with Crippen molar-refractivity contribution in [3.8, 4) is 11.5 Å². The number of aromatic nitrogens is 3. The van der Waals surface area contributed by atoms with Gasteiger partial charge in [-0.15, -0.1) is 0 Å². The van der Waals surface area contributed by atoms with E-state index in [-0.39, 0.29) is 0 Å². The van der Waals surface area contributed by atoms with Gasteiger partial charge in [0.1, 0.15) is 11.6 Å². The lowest BCUT2D eigenvalue weighted by molar-refractivity contribution is 0.425. The largest absolute Gasteiger partial charge is 0.454 e. The number of pyridine rings is 1. The summed E-state index contributed by atoms with van der Waals surface area (Å²) in [6, 6.07) is 7.54. The highest BCUT2D eigenvalue weighted by atomic mass is 79.9. The van der Waals surface area contributed by atoms with Crippen LogP contribution in [-0.4, -0.2) is 21.7 Å². The van der Waals surface area contributed by atoms with E-state index in [1.165, 1.54) is 0 Å². The number of rotatable bonds is 5. The molecule has 21 heavy (non-hydrogen) atoms. The van der Waals surface area contributed by atoms with Crippen molar-refractivity contribution in [1.82, 2.24) is 15.1 Å². The molecule has 0 saturated heterocycles. The first-order valence-electron chi connectivity index (χ1n) is 6.45. The van der Waals surface area contributed by atoms with Gasteiger partial charge in [-0.25, -0.2) is 4.98 Å². The molecule has 3 rings (SSSR count). The Kier molecular flexibility index (Phi) is 4.01. The Morgan fingerprint density at radius 2 is 2.19 bits per heavy atom. The van der Waals surface area contributed by atoms with Gasteiger partial charge in [-0.2, -0.15) is 4.98 Å². The van der Waals surface area contributed by atoms with E-state index < -0.39 is 0 Å². The van der Waals surface area contributed by atoms with Crippen LogP contribution in [0.2, 0.25) is 0 Å². The molecule has 0 spiro atoms. The minimum Gasteiger partial charge on any atom is -0.454 e. The number of anilines is 1. The van der Waals surface area contributed by atoms with Gasteiger partial charge < -0.3 is 14.3 Å². The van der Waals surface area contributed by atoms with Gasteiger partial charge in [-0.3, -0.25) is 0 Å². The van der Waals surface area contributed by atoms with Crippen molar-refractivity contribution in [2.75, 3.05) is 11.9 Å². The van der Waals surface area contributed by atoms with Crippen molar-refractivity contribution in [3.63, 3.8) is 0 Å². The van der Waals surface area contributed by atoms with Crippen LogP contribution in [-0.2, 0) is 6.42 Å². The average Bonchev–Trinajstić information content (AvgIpc) is 3.08. The molecule has 108 valence electrons. The van der Waals surface area contributed by atoms with Gasteiger partial charge >= 0.3 is 0 Å². The van der Waals surface area contributed by atoms with Crippen LogP contribution in [0.1, 0.15) is 11.6 Å². The lowest BCUT2D eigenvalue weighted by Crippen LogP contribution is -2.05. The molecule has 1 N–H and O–H groups in total. The van der Waals surface area contributed by atoms with Gasteiger partial charge in [0.05, 0.1) is 0 Å². The zero-order valence-electron chi connectivity index (χ0n) is 11.3. The van der Waals surface area contributed by atoms with Crippen molar-refractivity contribution < 1.29 is 8.94 Å². The molecule has 0 aliphatic carbocycles.